The summed E-state index contributed by atoms with van der Waals surface area (Å²) in [7, 11) is 0. The first-order valence-electron chi connectivity index (χ1n) is 8.73. The van der Waals surface area contributed by atoms with E-state index < -0.39 is 11.2 Å². The molecule has 6 heteroatoms. The molecule has 130 valence electrons. The summed E-state index contributed by atoms with van der Waals surface area (Å²) in [6.45, 7) is 6.15. The van der Waals surface area contributed by atoms with Crippen LogP contribution >= 0.6 is 0 Å². The van der Waals surface area contributed by atoms with Crippen LogP contribution in [0.1, 0.15) is 32.6 Å². The van der Waals surface area contributed by atoms with E-state index in [1.807, 2.05) is 0 Å². The Labute approximate surface area is 140 Å². The molecule has 3 rings (SSSR count). The number of hydrogen-bond acceptors (Lipinski definition) is 4. The fourth-order valence-electron chi connectivity index (χ4n) is 3.44. The van der Waals surface area contributed by atoms with Crippen molar-refractivity contribution in [2.24, 2.45) is 5.92 Å². The third-order valence-corrected chi connectivity index (χ3v) is 4.98. The molecule has 1 aromatic carbocycles. The molecule has 24 heavy (non-hydrogen) atoms. The first-order valence-corrected chi connectivity index (χ1v) is 8.73. The van der Waals surface area contributed by atoms with Gasteiger partial charge in [-0.25, -0.2) is 4.79 Å². The molecular weight excluding hydrogens is 306 g/mol. The van der Waals surface area contributed by atoms with E-state index in [0.29, 0.717) is 17.4 Å². The van der Waals surface area contributed by atoms with Crippen molar-refractivity contribution in [2.45, 2.75) is 39.2 Å². The molecule has 0 spiro atoms. The van der Waals surface area contributed by atoms with Gasteiger partial charge in [-0.1, -0.05) is 13.0 Å². The Morgan fingerprint density at radius 2 is 1.88 bits per heavy atom. The second kappa shape index (κ2) is 7.21. The summed E-state index contributed by atoms with van der Waals surface area (Å²) in [6.07, 6.45) is 4.35. The molecular formula is C18H25N3O3. The van der Waals surface area contributed by atoms with E-state index in [-0.39, 0.29) is 5.75 Å². The van der Waals surface area contributed by atoms with Gasteiger partial charge in [0.2, 0.25) is 0 Å². The van der Waals surface area contributed by atoms with E-state index >= 15 is 0 Å². The lowest BCUT2D eigenvalue weighted by atomic mass is 9.99. The number of rotatable bonds is 5. The summed E-state index contributed by atoms with van der Waals surface area (Å²) in [4.78, 5) is 28.8. The van der Waals surface area contributed by atoms with Crippen LogP contribution in [0.3, 0.4) is 0 Å². The standard InChI is InChI=1S/C18H25N3O3/c1-13-7-11-20(12-8-13)9-2-3-10-21-16-14(5-4-6-15(16)22)17(23)19-18(21)24/h4-6,13,22H,2-3,7-12H2,1H3,(H,19,23,24). The number of phenols is 1. The highest BCUT2D eigenvalue weighted by molar-refractivity contribution is 5.83. The number of likely N-dealkylation sites (tertiary alicyclic amines) is 1. The average molecular weight is 331 g/mol. The maximum atomic E-state index is 12.1. The van der Waals surface area contributed by atoms with Crippen molar-refractivity contribution in [3.8, 4) is 5.75 Å². The summed E-state index contributed by atoms with van der Waals surface area (Å²) < 4.78 is 1.48. The Hall–Kier alpha value is -2.08. The zero-order chi connectivity index (χ0) is 17.1. The molecule has 0 bridgehead atoms. The molecule has 2 heterocycles. The van der Waals surface area contributed by atoms with Crippen LogP contribution < -0.4 is 11.2 Å². The maximum absolute atomic E-state index is 12.1. The third-order valence-electron chi connectivity index (χ3n) is 4.98. The van der Waals surface area contributed by atoms with Gasteiger partial charge in [-0.05, 0) is 63.4 Å². The summed E-state index contributed by atoms with van der Waals surface area (Å²) in [5, 5.41) is 10.4. The number of unbranched alkanes of at least 4 members (excludes halogenated alkanes) is 1. The van der Waals surface area contributed by atoms with E-state index in [9.17, 15) is 14.7 Å². The first kappa shape index (κ1) is 16.8. The predicted octanol–water partition coefficient (Wildman–Crippen LogP) is 1.91. The lowest BCUT2D eigenvalue weighted by molar-refractivity contribution is 0.189. The molecule has 1 aliphatic heterocycles. The third kappa shape index (κ3) is 3.53. The first-order chi connectivity index (χ1) is 11.6. The van der Waals surface area contributed by atoms with Gasteiger partial charge in [0, 0.05) is 6.54 Å². The number of phenolic OH excluding ortho intramolecular Hbond substituents is 1. The van der Waals surface area contributed by atoms with Gasteiger partial charge >= 0.3 is 5.69 Å². The Kier molecular flexibility index (Phi) is 5.04. The van der Waals surface area contributed by atoms with Gasteiger partial charge in [0.05, 0.1) is 5.39 Å². The van der Waals surface area contributed by atoms with Crippen LogP contribution in [0.25, 0.3) is 10.9 Å². The largest absolute Gasteiger partial charge is 0.506 e. The van der Waals surface area contributed by atoms with E-state index in [4.69, 9.17) is 0 Å². The smallest absolute Gasteiger partial charge is 0.328 e. The summed E-state index contributed by atoms with van der Waals surface area (Å²) in [6, 6.07) is 4.74. The molecule has 0 atom stereocenters. The number of nitrogens with zero attached hydrogens (tertiary/aromatic N) is 2. The van der Waals surface area contributed by atoms with Gasteiger partial charge in [0.25, 0.3) is 5.56 Å². The van der Waals surface area contributed by atoms with Crippen LogP contribution in [0, 0.1) is 5.92 Å². The lowest BCUT2D eigenvalue weighted by Gasteiger charge is -2.30. The number of piperidine rings is 1. The topological polar surface area (TPSA) is 78.3 Å². The van der Waals surface area contributed by atoms with Gasteiger partial charge in [-0.3, -0.25) is 14.3 Å². The predicted molar refractivity (Wildman–Crippen MR) is 94.6 cm³/mol. The number of aromatic amines is 1. The van der Waals surface area contributed by atoms with Crippen molar-refractivity contribution in [1.82, 2.24) is 14.5 Å². The number of fused-ring (bicyclic) bond motifs is 1. The van der Waals surface area contributed by atoms with Crippen LogP contribution in [-0.4, -0.2) is 39.2 Å². The van der Waals surface area contributed by atoms with Gasteiger partial charge in [-0.15, -0.1) is 0 Å². The molecule has 1 aliphatic rings. The van der Waals surface area contributed by atoms with Crippen molar-refractivity contribution in [1.29, 1.82) is 0 Å². The van der Waals surface area contributed by atoms with Crippen LogP contribution in [-0.2, 0) is 6.54 Å². The molecule has 2 aromatic rings. The second-order valence-corrected chi connectivity index (χ2v) is 6.82. The molecule has 1 saturated heterocycles. The Morgan fingerprint density at radius 3 is 2.62 bits per heavy atom. The molecule has 0 aliphatic carbocycles. The minimum atomic E-state index is -0.458. The lowest BCUT2D eigenvalue weighted by Crippen LogP contribution is -2.34. The molecule has 6 nitrogen and oxygen atoms in total. The highest BCUT2D eigenvalue weighted by Crippen LogP contribution is 2.21. The monoisotopic (exact) mass is 331 g/mol. The number of aryl methyl sites for hydroxylation is 1. The fraction of sp³-hybridized carbons (Fsp3) is 0.556. The molecule has 0 radical (unpaired) electrons. The minimum Gasteiger partial charge on any atom is -0.506 e. The summed E-state index contributed by atoms with van der Waals surface area (Å²) in [5.41, 5.74) is -0.580. The number of nitrogens with one attached hydrogen (secondary N) is 1. The van der Waals surface area contributed by atoms with Gasteiger partial charge in [-0.2, -0.15) is 0 Å². The molecule has 0 amide bonds. The molecule has 2 N–H and O–H groups in total. The number of benzene rings is 1. The van der Waals surface area contributed by atoms with Crippen molar-refractivity contribution in [2.75, 3.05) is 19.6 Å². The Morgan fingerprint density at radius 1 is 1.17 bits per heavy atom. The Balaban J connectivity index is 1.67. The van der Waals surface area contributed by atoms with Gasteiger partial charge in [0.1, 0.15) is 11.3 Å². The van der Waals surface area contributed by atoms with Gasteiger partial charge < -0.3 is 10.0 Å². The zero-order valence-electron chi connectivity index (χ0n) is 14.1. The average Bonchev–Trinajstić information content (AvgIpc) is 2.56. The minimum absolute atomic E-state index is 0.0271. The van der Waals surface area contributed by atoms with Crippen molar-refractivity contribution < 1.29 is 5.11 Å². The SMILES string of the molecule is CC1CCN(CCCCn2c(=O)[nH]c(=O)c3cccc(O)c32)CC1. The number of aromatic hydroxyl groups is 1. The van der Waals surface area contributed by atoms with Crippen LogP contribution in [0.4, 0.5) is 0 Å². The molecule has 0 unspecified atom stereocenters. The fourth-order valence-corrected chi connectivity index (χ4v) is 3.44. The molecule has 0 saturated carbocycles. The highest BCUT2D eigenvalue weighted by Gasteiger charge is 2.15. The number of para-hydroxylation sites is 1. The maximum Gasteiger partial charge on any atom is 0.328 e. The Bertz CT molecular complexity index is 816. The normalized spacial score (nSPS) is 16.7. The van der Waals surface area contributed by atoms with E-state index in [1.54, 1.807) is 12.1 Å². The van der Waals surface area contributed by atoms with Crippen molar-refractivity contribution in [3.05, 3.63) is 39.0 Å². The zero-order valence-corrected chi connectivity index (χ0v) is 14.1. The number of aromatic nitrogens is 2. The highest BCUT2D eigenvalue weighted by atomic mass is 16.3. The van der Waals surface area contributed by atoms with Crippen LogP contribution in [0.5, 0.6) is 5.75 Å². The summed E-state index contributed by atoms with van der Waals surface area (Å²) in [5.74, 6) is 0.802. The van der Waals surface area contributed by atoms with Crippen LogP contribution in [0.2, 0.25) is 0 Å². The van der Waals surface area contributed by atoms with E-state index in [1.165, 1.54) is 23.5 Å². The number of hydrogen-bond donors (Lipinski definition) is 2. The van der Waals surface area contributed by atoms with E-state index in [0.717, 1.165) is 38.4 Å². The molecule has 1 aromatic heterocycles. The molecule has 1 fully saturated rings. The second-order valence-electron chi connectivity index (χ2n) is 6.82. The summed E-state index contributed by atoms with van der Waals surface area (Å²) >= 11 is 0. The van der Waals surface area contributed by atoms with Gasteiger partial charge in [0.15, 0.2) is 0 Å². The quantitative estimate of drug-likeness (QED) is 0.821. The number of H-pyrrole nitrogens is 1. The van der Waals surface area contributed by atoms with Crippen LogP contribution in [0.15, 0.2) is 27.8 Å². The van der Waals surface area contributed by atoms with E-state index in [2.05, 4.69) is 16.8 Å². The van der Waals surface area contributed by atoms with Crippen molar-refractivity contribution in [3.63, 3.8) is 0 Å². The van der Waals surface area contributed by atoms with Crippen molar-refractivity contribution >= 4 is 10.9 Å².